The summed E-state index contributed by atoms with van der Waals surface area (Å²) in [4.78, 5) is 4.35. The van der Waals surface area contributed by atoms with Crippen molar-refractivity contribution in [2.75, 3.05) is 18.4 Å². The lowest BCUT2D eigenvalue weighted by Crippen LogP contribution is -2.34. The van der Waals surface area contributed by atoms with E-state index in [0.29, 0.717) is 29.1 Å². The van der Waals surface area contributed by atoms with Gasteiger partial charge in [0, 0.05) is 6.54 Å². The van der Waals surface area contributed by atoms with Gasteiger partial charge in [-0.25, -0.2) is 4.98 Å². The zero-order chi connectivity index (χ0) is 20.6. The van der Waals surface area contributed by atoms with Crippen LogP contribution in [0, 0.1) is 12.8 Å². The molecule has 0 aliphatic carbocycles. The molecule has 0 radical (unpaired) electrons. The lowest BCUT2D eigenvalue weighted by Gasteiger charge is -2.13. The molecule has 0 saturated carbocycles. The van der Waals surface area contributed by atoms with Gasteiger partial charge in [-0.15, -0.1) is 0 Å². The lowest BCUT2D eigenvalue weighted by atomic mass is 10.0. The van der Waals surface area contributed by atoms with Gasteiger partial charge >= 0.3 is 0 Å². The third-order valence-corrected chi connectivity index (χ3v) is 4.71. The van der Waals surface area contributed by atoms with E-state index in [9.17, 15) is 0 Å². The summed E-state index contributed by atoms with van der Waals surface area (Å²) in [6.45, 7) is 5.49. The smallest absolute Gasteiger partial charge is 0.171 e. The molecule has 5 nitrogen and oxygen atoms in total. The van der Waals surface area contributed by atoms with Crippen LogP contribution in [-0.4, -0.2) is 23.2 Å². The minimum atomic E-state index is 0.357. The highest BCUT2D eigenvalue weighted by molar-refractivity contribution is 7.80. The molecule has 3 aromatic rings. The standard InChI is InChI=1S/C23H26N4OS/c1-16-3-5-18(6-4-16)19-7-9-20(10-8-19)28-21-11-12-22(25-15-21)27-23(29)26-14-17(2)13-24/h3-12,15,17H,13-14,24H2,1-2H3,(H2,25,26,27,29). The summed E-state index contributed by atoms with van der Waals surface area (Å²) in [7, 11) is 0. The Kier molecular flexibility index (Phi) is 7.16. The summed E-state index contributed by atoms with van der Waals surface area (Å²) in [5.41, 5.74) is 9.19. The summed E-state index contributed by atoms with van der Waals surface area (Å²) in [6, 6.07) is 20.2. The molecule has 0 fully saturated rings. The average Bonchev–Trinajstić information content (AvgIpc) is 2.74. The van der Waals surface area contributed by atoms with Crippen LogP contribution >= 0.6 is 12.2 Å². The van der Waals surface area contributed by atoms with Gasteiger partial charge in [-0.05, 0) is 67.0 Å². The number of nitrogens with one attached hydrogen (secondary N) is 2. The fourth-order valence-electron chi connectivity index (χ4n) is 2.62. The van der Waals surface area contributed by atoms with Crippen LogP contribution in [0.5, 0.6) is 11.5 Å². The Morgan fingerprint density at radius 1 is 1.00 bits per heavy atom. The first-order valence-electron chi connectivity index (χ1n) is 9.59. The third-order valence-electron chi connectivity index (χ3n) is 4.47. The molecule has 6 heteroatoms. The van der Waals surface area contributed by atoms with Crippen LogP contribution in [0.15, 0.2) is 66.9 Å². The first kappa shape index (κ1) is 20.8. The van der Waals surface area contributed by atoms with Gasteiger partial charge in [0.05, 0.1) is 6.20 Å². The predicted octanol–water partition coefficient (Wildman–Crippen LogP) is 4.73. The second-order valence-electron chi connectivity index (χ2n) is 7.05. The fourth-order valence-corrected chi connectivity index (χ4v) is 2.81. The van der Waals surface area contributed by atoms with Gasteiger partial charge in [0.1, 0.15) is 17.3 Å². The molecular weight excluding hydrogens is 380 g/mol. The molecule has 1 heterocycles. The second kappa shape index (κ2) is 10.0. The van der Waals surface area contributed by atoms with Crippen LogP contribution in [0.25, 0.3) is 11.1 Å². The van der Waals surface area contributed by atoms with Crippen LogP contribution in [-0.2, 0) is 0 Å². The Morgan fingerprint density at radius 2 is 1.62 bits per heavy atom. The third kappa shape index (κ3) is 6.27. The highest BCUT2D eigenvalue weighted by Gasteiger charge is 2.04. The van der Waals surface area contributed by atoms with Gasteiger partial charge in [0.15, 0.2) is 5.11 Å². The number of thiocarbonyl (C=S) groups is 1. The van der Waals surface area contributed by atoms with E-state index in [0.717, 1.165) is 17.9 Å². The van der Waals surface area contributed by atoms with Crippen LogP contribution in [0.2, 0.25) is 0 Å². The Labute approximate surface area is 177 Å². The summed E-state index contributed by atoms with van der Waals surface area (Å²) in [5, 5.41) is 6.71. The first-order valence-corrected chi connectivity index (χ1v) is 10.0. The normalized spacial score (nSPS) is 11.6. The monoisotopic (exact) mass is 406 g/mol. The van der Waals surface area contributed by atoms with Gasteiger partial charge in [-0.3, -0.25) is 0 Å². The molecule has 2 aromatic carbocycles. The Bertz CT molecular complexity index is 925. The molecule has 0 aliphatic rings. The molecule has 0 amide bonds. The number of rotatable bonds is 7. The number of aryl methyl sites for hydroxylation is 1. The molecule has 150 valence electrons. The SMILES string of the molecule is Cc1ccc(-c2ccc(Oc3ccc(NC(=S)NCC(C)CN)nc3)cc2)cc1. The number of hydrogen-bond donors (Lipinski definition) is 3. The Balaban J connectivity index is 1.55. The summed E-state index contributed by atoms with van der Waals surface area (Å²) < 4.78 is 5.89. The molecule has 1 atom stereocenters. The second-order valence-corrected chi connectivity index (χ2v) is 7.46. The zero-order valence-electron chi connectivity index (χ0n) is 16.7. The molecule has 3 rings (SSSR count). The summed E-state index contributed by atoms with van der Waals surface area (Å²) >= 11 is 5.27. The largest absolute Gasteiger partial charge is 0.456 e. The topological polar surface area (TPSA) is 72.2 Å². The van der Waals surface area contributed by atoms with Crippen molar-refractivity contribution >= 4 is 23.1 Å². The van der Waals surface area contributed by atoms with Crippen molar-refractivity contribution in [1.82, 2.24) is 10.3 Å². The van der Waals surface area contributed by atoms with Crippen LogP contribution in [0.1, 0.15) is 12.5 Å². The van der Waals surface area contributed by atoms with Crippen molar-refractivity contribution in [3.8, 4) is 22.6 Å². The van der Waals surface area contributed by atoms with Gasteiger partial charge in [-0.2, -0.15) is 0 Å². The highest BCUT2D eigenvalue weighted by atomic mass is 32.1. The number of nitrogens with zero attached hydrogens (tertiary/aromatic N) is 1. The number of ether oxygens (including phenoxy) is 1. The van der Waals surface area contributed by atoms with E-state index in [2.05, 4.69) is 65.9 Å². The lowest BCUT2D eigenvalue weighted by molar-refractivity contribution is 0.480. The minimum absolute atomic E-state index is 0.357. The zero-order valence-corrected chi connectivity index (χ0v) is 17.5. The van der Waals surface area contributed by atoms with E-state index in [4.69, 9.17) is 22.7 Å². The molecule has 0 aliphatic heterocycles. The summed E-state index contributed by atoms with van der Waals surface area (Å²) in [6.07, 6.45) is 1.67. The van der Waals surface area contributed by atoms with Crippen LogP contribution in [0.4, 0.5) is 5.82 Å². The van der Waals surface area contributed by atoms with E-state index in [-0.39, 0.29) is 0 Å². The van der Waals surface area contributed by atoms with Crippen molar-refractivity contribution < 1.29 is 4.74 Å². The molecule has 4 N–H and O–H groups in total. The maximum absolute atomic E-state index is 5.89. The first-order chi connectivity index (χ1) is 14.0. The van der Waals surface area contributed by atoms with E-state index in [1.54, 1.807) is 6.20 Å². The van der Waals surface area contributed by atoms with E-state index >= 15 is 0 Å². The molecule has 0 bridgehead atoms. The number of pyridine rings is 1. The van der Waals surface area contributed by atoms with Gasteiger partial charge in [0.2, 0.25) is 0 Å². The van der Waals surface area contributed by atoms with Crippen molar-refractivity contribution in [3.63, 3.8) is 0 Å². The van der Waals surface area contributed by atoms with Gasteiger partial charge < -0.3 is 21.1 Å². The van der Waals surface area contributed by atoms with Crippen molar-refractivity contribution in [1.29, 1.82) is 0 Å². The molecule has 29 heavy (non-hydrogen) atoms. The number of benzene rings is 2. The summed E-state index contributed by atoms with van der Waals surface area (Å²) in [5.74, 6) is 2.44. The van der Waals surface area contributed by atoms with E-state index in [1.165, 1.54) is 11.1 Å². The molecule has 1 unspecified atom stereocenters. The van der Waals surface area contributed by atoms with E-state index < -0.39 is 0 Å². The Morgan fingerprint density at radius 3 is 2.21 bits per heavy atom. The maximum Gasteiger partial charge on any atom is 0.171 e. The molecular formula is C23H26N4OS. The molecule has 1 aromatic heterocycles. The number of nitrogens with two attached hydrogens (primary N) is 1. The maximum atomic E-state index is 5.89. The van der Waals surface area contributed by atoms with Gasteiger partial charge in [0.25, 0.3) is 0 Å². The van der Waals surface area contributed by atoms with Crippen molar-refractivity contribution in [2.45, 2.75) is 13.8 Å². The van der Waals surface area contributed by atoms with E-state index in [1.807, 2.05) is 24.3 Å². The quantitative estimate of drug-likeness (QED) is 0.493. The predicted molar refractivity (Wildman–Crippen MR) is 123 cm³/mol. The number of anilines is 1. The van der Waals surface area contributed by atoms with Gasteiger partial charge in [-0.1, -0.05) is 48.9 Å². The Hall–Kier alpha value is -2.96. The van der Waals surface area contributed by atoms with Crippen LogP contribution < -0.4 is 21.1 Å². The number of hydrogen-bond acceptors (Lipinski definition) is 4. The molecule has 0 spiro atoms. The van der Waals surface area contributed by atoms with Crippen molar-refractivity contribution in [3.05, 3.63) is 72.4 Å². The minimum Gasteiger partial charge on any atom is -0.456 e. The highest BCUT2D eigenvalue weighted by Crippen LogP contribution is 2.26. The molecule has 0 saturated heterocycles. The fraction of sp³-hybridized carbons (Fsp3) is 0.217. The number of aromatic nitrogens is 1. The van der Waals surface area contributed by atoms with Crippen molar-refractivity contribution in [2.24, 2.45) is 11.7 Å². The van der Waals surface area contributed by atoms with Crippen LogP contribution in [0.3, 0.4) is 0 Å². The average molecular weight is 407 g/mol.